The number of hydrogen-bond donors (Lipinski definition) is 0. The second-order valence-electron chi connectivity index (χ2n) is 8.58. The number of oxazole rings is 1. The number of aromatic nitrogens is 4. The smallest absolute Gasteiger partial charge is 0.192 e. The average molecular weight is 423 g/mol. The van der Waals surface area contributed by atoms with Crippen LogP contribution in [0.4, 0.5) is 0 Å². The van der Waals surface area contributed by atoms with Gasteiger partial charge in [-0.15, -0.1) is 0 Å². The van der Waals surface area contributed by atoms with Crippen LogP contribution in [0.15, 0.2) is 53.2 Å². The van der Waals surface area contributed by atoms with Gasteiger partial charge in [0.15, 0.2) is 11.5 Å². The number of nitrogens with zero attached hydrogens (tertiary/aromatic N) is 4. The van der Waals surface area contributed by atoms with Crippen molar-refractivity contribution in [3.05, 3.63) is 82.8 Å². The molecule has 0 spiro atoms. The molecular weight excluding hydrogens is 396 g/mol. The van der Waals surface area contributed by atoms with E-state index in [0.717, 1.165) is 50.7 Å². The topological polar surface area (TPSA) is 56.7 Å². The van der Waals surface area contributed by atoms with E-state index in [-0.39, 0.29) is 0 Å². The summed E-state index contributed by atoms with van der Waals surface area (Å²) >= 11 is 0. The summed E-state index contributed by atoms with van der Waals surface area (Å²) in [7, 11) is 0. The number of fused-ring (bicyclic) bond motifs is 1. The maximum absolute atomic E-state index is 6.11. The molecule has 2 aromatic carbocycles. The lowest BCUT2D eigenvalue weighted by Crippen LogP contribution is -2.02. The van der Waals surface area contributed by atoms with Crippen LogP contribution in [-0.2, 0) is 0 Å². The molecule has 0 bridgehead atoms. The third-order valence-corrected chi connectivity index (χ3v) is 5.80. The molecule has 5 nitrogen and oxygen atoms in total. The predicted molar refractivity (Wildman–Crippen MR) is 128 cm³/mol. The summed E-state index contributed by atoms with van der Waals surface area (Å²) in [5.74, 6) is 1.49. The molecule has 5 rings (SSSR count). The van der Waals surface area contributed by atoms with E-state index < -0.39 is 0 Å². The minimum Gasteiger partial charge on any atom is -0.440 e. The third-order valence-electron chi connectivity index (χ3n) is 5.80. The highest BCUT2D eigenvalue weighted by molar-refractivity contribution is 5.98. The third kappa shape index (κ3) is 3.30. The highest BCUT2D eigenvalue weighted by atomic mass is 16.3. The first kappa shape index (κ1) is 20.2. The summed E-state index contributed by atoms with van der Waals surface area (Å²) in [6.45, 7) is 12.3. The van der Waals surface area contributed by atoms with E-state index >= 15 is 0 Å². The molecule has 0 saturated heterocycles. The lowest BCUT2D eigenvalue weighted by Gasteiger charge is -2.15. The normalized spacial score (nSPS) is 11.4. The number of aryl methyl sites for hydroxylation is 6. The largest absolute Gasteiger partial charge is 0.440 e. The highest BCUT2D eigenvalue weighted by Crippen LogP contribution is 2.37. The molecule has 5 aromatic rings. The minimum atomic E-state index is 0.636. The standard InChI is InChI=1S/C27H26N4O/c1-15-11-16(2)25(17(3)12-15)31-10-9-28-27(31)23-8-7-22(26-24(23)30-20(6)32-26)21-13-18(4)29-19(5)14-21/h7-14H,1-6H3. The Morgan fingerprint density at radius 1 is 0.781 bits per heavy atom. The predicted octanol–water partition coefficient (Wildman–Crippen LogP) is 6.59. The number of rotatable bonds is 3. The van der Waals surface area contributed by atoms with Crippen molar-refractivity contribution in [2.24, 2.45) is 0 Å². The van der Waals surface area contributed by atoms with Crippen LogP contribution in [0.25, 0.3) is 39.3 Å². The molecule has 5 heteroatoms. The first-order valence-electron chi connectivity index (χ1n) is 10.8. The number of imidazole rings is 1. The highest BCUT2D eigenvalue weighted by Gasteiger charge is 2.20. The molecule has 0 radical (unpaired) electrons. The number of pyridine rings is 1. The van der Waals surface area contributed by atoms with Crippen LogP contribution in [-0.4, -0.2) is 19.5 Å². The van der Waals surface area contributed by atoms with E-state index in [1.165, 1.54) is 16.7 Å². The van der Waals surface area contributed by atoms with Gasteiger partial charge >= 0.3 is 0 Å². The number of hydrogen-bond acceptors (Lipinski definition) is 4. The van der Waals surface area contributed by atoms with Crippen molar-refractivity contribution in [3.63, 3.8) is 0 Å². The Hall–Kier alpha value is -3.73. The van der Waals surface area contributed by atoms with Gasteiger partial charge in [-0.25, -0.2) is 9.97 Å². The molecule has 0 N–H and O–H groups in total. The van der Waals surface area contributed by atoms with Gasteiger partial charge in [0.25, 0.3) is 0 Å². The van der Waals surface area contributed by atoms with E-state index in [9.17, 15) is 0 Å². The van der Waals surface area contributed by atoms with Crippen molar-refractivity contribution < 1.29 is 4.42 Å². The van der Waals surface area contributed by atoms with Gasteiger partial charge in [-0.05, 0) is 75.6 Å². The molecular formula is C27H26N4O. The van der Waals surface area contributed by atoms with Gasteiger partial charge in [0.05, 0.1) is 5.69 Å². The van der Waals surface area contributed by atoms with Crippen molar-refractivity contribution in [1.29, 1.82) is 0 Å². The minimum absolute atomic E-state index is 0.636. The fourth-order valence-corrected chi connectivity index (χ4v) is 4.75. The molecule has 0 fully saturated rings. The molecule has 0 unspecified atom stereocenters. The Morgan fingerprint density at radius 2 is 1.44 bits per heavy atom. The Labute approximate surface area is 187 Å². The summed E-state index contributed by atoms with van der Waals surface area (Å²) in [4.78, 5) is 14.0. The molecule has 0 atom stereocenters. The lowest BCUT2D eigenvalue weighted by molar-refractivity contribution is 0.562. The molecule has 160 valence electrons. The summed E-state index contributed by atoms with van der Waals surface area (Å²) in [5.41, 5.74) is 11.4. The van der Waals surface area contributed by atoms with Gasteiger partial charge < -0.3 is 4.42 Å². The summed E-state index contributed by atoms with van der Waals surface area (Å²) in [6, 6.07) is 12.8. The Kier molecular flexibility index (Phi) is 4.70. The van der Waals surface area contributed by atoms with Gasteiger partial charge in [0, 0.05) is 41.8 Å². The van der Waals surface area contributed by atoms with Crippen LogP contribution < -0.4 is 0 Å². The van der Waals surface area contributed by atoms with E-state index in [4.69, 9.17) is 14.4 Å². The van der Waals surface area contributed by atoms with Gasteiger partial charge in [-0.1, -0.05) is 17.7 Å². The average Bonchev–Trinajstić information content (AvgIpc) is 3.32. The van der Waals surface area contributed by atoms with Gasteiger partial charge in [0.2, 0.25) is 0 Å². The summed E-state index contributed by atoms with van der Waals surface area (Å²) in [5, 5.41) is 0. The molecule has 0 amide bonds. The van der Waals surface area contributed by atoms with Crippen molar-refractivity contribution in [1.82, 2.24) is 19.5 Å². The zero-order chi connectivity index (χ0) is 22.6. The lowest BCUT2D eigenvalue weighted by atomic mass is 10.0. The van der Waals surface area contributed by atoms with Crippen molar-refractivity contribution >= 4 is 11.1 Å². The Balaban J connectivity index is 1.75. The molecule has 3 heterocycles. The SMILES string of the molecule is Cc1cc(C)c(-n2ccnc2-c2ccc(-c3cc(C)nc(C)c3)c3oc(C)nc23)c(C)c1. The first-order valence-corrected chi connectivity index (χ1v) is 10.8. The Bertz CT molecular complexity index is 1450. The van der Waals surface area contributed by atoms with Gasteiger partial charge in [0.1, 0.15) is 11.3 Å². The van der Waals surface area contributed by atoms with Crippen LogP contribution in [0.2, 0.25) is 0 Å². The monoisotopic (exact) mass is 422 g/mol. The van der Waals surface area contributed by atoms with Crippen LogP contribution in [0, 0.1) is 41.5 Å². The van der Waals surface area contributed by atoms with Gasteiger partial charge in [-0.2, -0.15) is 0 Å². The van der Waals surface area contributed by atoms with Crippen LogP contribution in [0.3, 0.4) is 0 Å². The zero-order valence-corrected chi connectivity index (χ0v) is 19.3. The quantitative estimate of drug-likeness (QED) is 0.329. The summed E-state index contributed by atoms with van der Waals surface area (Å²) in [6.07, 6.45) is 3.86. The fraction of sp³-hybridized carbons (Fsp3) is 0.222. The maximum atomic E-state index is 6.11. The van der Waals surface area contributed by atoms with Crippen molar-refractivity contribution in [2.45, 2.75) is 41.5 Å². The number of benzene rings is 2. The van der Waals surface area contributed by atoms with Crippen molar-refractivity contribution in [3.8, 4) is 28.2 Å². The molecule has 0 aliphatic rings. The molecule has 32 heavy (non-hydrogen) atoms. The second kappa shape index (κ2) is 7.45. The second-order valence-corrected chi connectivity index (χ2v) is 8.58. The van der Waals surface area contributed by atoms with E-state index in [2.05, 4.69) is 66.7 Å². The van der Waals surface area contributed by atoms with Crippen LogP contribution >= 0.6 is 0 Å². The van der Waals surface area contributed by atoms with Crippen LogP contribution in [0.1, 0.15) is 34.0 Å². The Morgan fingerprint density at radius 3 is 2.12 bits per heavy atom. The van der Waals surface area contributed by atoms with Gasteiger partial charge in [-0.3, -0.25) is 9.55 Å². The molecule has 0 aliphatic carbocycles. The fourth-order valence-electron chi connectivity index (χ4n) is 4.75. The maximum Gasteiger partial charge on any atom is 0.192 e. The van der Waals surface area contributed by atoms with Crippen LogP contribution in [0.5, 0.6) is 0 Å². The van der Waals surface area contributed by atoms with Crippen molar-refractivity contribution in [2.75, 3.05) is 0 Å². The zero-order valence-electron chi connectivity index (χ0n) is 19.3. The molecule has 3 aromatic heterocycles. The molecule has 0 aliphatic heterocycles. The summed E-state index contributed by atoms with van der Waals surface area (Å²) < 4.78 is 8.27. The first-order chi connectivity index (χ1) is 15.3. The van der Waals surface area contributed by atoms with E-state index in [1.807, 2.05) is 33.2 Å². The van der Waals surface area contributed by atoms with E-state index in [0.29, 0.717) is 5.89 Å². The van der Waals surface area contributed by atoms with E-state index in [1.54, 1.807) is 0 Å². The molecule has 0 saturated carbocycles.